The first-order valence-corrected chi connectivity index (χ1v) is 7.02. The lowest BCUT2D eigenvalue weighted by Crippen LogP contribution is -2.50. The predicted molar refractivity (Wildman–Crippen MR) is 74.9 cm³/mol. The first-order valence-electron chi connectivity index (χ1n) is 7.02. The SMILES string of the molecule is COC(=O)C(C)(N)CC(C)N(C)CCOCC1CC1. The zero-order valence-electron chi connectivity index (χ0n) is 12.6. The quantitative estimate of drug-likeness (QED) is 0.501. The van der Waals surface area contributed by atoms with Gasteiger partial charge in [-0.2, -0.15) is 0 Å². The Balaban J connectivity index is 2.22. The van der Waals surface area contributed by atoms with Crippen LogP contribution in [0, 0.1) is 5.92 Å². The van der Waals surface area contributed by atoms with Crippen molar-refractivity contribution >= 4 is 5.97 Å². The average Bonchev–Trinajstić information content (AvgIpc) is 3.16. The Labute approximate surface area is 116 Å². The standard InChI is InChI=1S/C14H28N2O3/c1-11(9-14(2,15)13(17)18-4)16(3)7-8-19-10-12-5-6-12/h11-12H,5-10,15H2,1-4H3. The first kappa shape index (κ1) is 16.4. The number of hydrogen-bond acceptors (Lipinski definition) is 5. The van der Waals surface area contributed by atoms with Crippen LogP contribution < -0.4 is 5.73 Å². The zero-order chi connectivity index (χ0) is 14.5. The summed E-state index contributed by atoms with van der Waals surface area (Å²) >= 11 is 0. The zero-order valence-corrected chi connectivity index (χ0v) is 12.6. The molecule has 112 valence electrons. The van der Waals surface area contributed by atoms with E-state index >= 15 is 0 Å². The minimum absolute atomic E-state index is 0.207. The Morgan fingerprint density at radius 1 is 1.53 bits per heavy atom. The van der Waals surface area contributed by atoms with Crippen molar-refractivity contribution in [2.75, 3.05) is 33.9 Å². The molecule has 5 heteroatoms. The van der Waals surface area contributed by atoms with Crippen LogP contribution in [0.1, 0.15) is 33.1 Å². The maximum Gasteiger partial charge on any atom is 0.325 e. The number of ether oxygens (including phenoxy) is 2. The molecule has 1 aliphatic rings. The number of carbonyl (C=O) groups excluding carboxylic acids is 1. The number of carbonyl (C=O) groups is 1. The maximum atomic E-state index is 11.5. The number of nitrogens with two attached hydrogens (primary N) is 1. The van der Waals surface area contributed by atoms with Gasteiger partial charge in [0.25, 0.3) is 0 Å². The highest BCUT2D eigenvalue weighted by Gasteiger charge is 2.32. The topological polar surface area (TPSA) is 64.8 Å². The van der Waals surface area contributed by atoms with Crippen molar-refractivity contribution < 1.29 is 14.3 Å². The molecule has 1 rings (SSSR count). The number of likely N-dealkylation sites (N-methyl/N-ethyl adjacent to an activating group) is 1. The highest BCUT2D eigenvalue weighted by atomic mass is 16.5. The second-order valence-corrected chi connectivity index (χ2v) is 5.96. The van der Waals surface area contributed by atoms with Crippen molar-refractivity contribution in [3.63, 3.8) is 0 Å². The van der Waals surface area contributed by atoms with E-state index in [-0.39, 0.29) is 12.0 Å². The van der Waals surface area contributed by atoms with Gasteiger partial charge in [0.05, 0.1) is 13.7 Å². The average molecular weight is 272 g/mol. The molecule has 0 aromatic heterocycles. The second-order valence-electron chi connectivity index (χ2n) is 5.96. The van der Waals surface area contributed by atoms with Gasteiger partial charge in [0.15, 0.2) is 0 Å². The van der Waals surface area contributed by atoms with E-state index in [4.69, 9.17) is 15.2 Å². The summed E-state index contributed by atoms with van der Waals surface area (Å²) in [6, 6.07) is 0.207. The normalized spacial score (nSPS) is 20.1. The number of hydrogen-bond donors (Lipinski definition) is 1. The van der Waals surface area contributed by atoms with E-state index in [1.54, 1.807) is 6.92 Å². The molecule has 0 aliphatic heterocycles. The van der Waals surface area contributed by atoms with Crippen LogP contribution >= 0.6 is 0 Å². The Bertz CT molecular complexity index is 290. The number of rotatable bonds is 9. The summed E-state index contributed by atoms with van der Waals surface area (Å²) in [7, 11) is 3.39. The maximum absolute atomic E-state index is 11.5. The van der Waals surface area contributed by atoms with Crippen molar-refractivity contribution in [2.45, 2.75) is 44.7 Å². The summed E-state index contributed by atoms with van der Waals surface area (Å²) in [6.07, 6.45) is 3.20. The predicted octanol–water partition coefficient (Wildman–Crippen LogP) is 1.01. The lowest BCUT2D eigenvalue weighted by Gasteiger charge is -2.31. The molecule has 5 nitrogen and oxygen atoms in total. The Hall–Kier alpha value is -0.650. The summed E-state index contributed by atoms with van der Waals surface area (Å²) in [6.45, 7) is 6.25. The largest absolute Gasteiger partial charge is 0.468 e. The number of nitrogens with zero attached hydrogens (tertiary/aromatic N) is 1. The van der Waals surface area contributed by atoms with Gasteiger partial charge in [-0.1, -0.05) is 0 Å². The fraction of sp³-hybridized carbons (Fsp3) is 0.929. The van der Waals surface area contributed by atoms with E-state index < -0.39 is 5.54 Å². The second kappa shape index (κ2) is 7.22. The molecule has 0 radical (unpaired) electrons. The van der Waals surface area contributed by atoms with Crippen LogP contribution in [0.5, 0.6) is 0 Å². The molecule has 2 N–H and O–H groups in total. The van der Waals surface area contributed by atoms with Crippen molar-refractivity contribution in [2.24, 2.45) is 11.7 Å². The van der Waals surface area contributed by atoms with Crippen molar-refractivity contribution in [3.05, 3.63) is 0 Å². The molecule has 1 aliphatic carbocycles. The molecule has 0 bridgehead atoms. The van der Waals surface area contributed by atoms with Gasteiger partial charge >= 0.3 is 5.97 Å². The lowest BCUT2D eigenvalue weighted by molar-refractivity contribution is -0.147. The van der Waals surface area contributed by atoms with E-state index in [1.165, 1.54) is 20.0 Å². The molecule has 0 saturated heterocycles. The van der Waals surface area contributed by atoms with E-state index in [0.29, 0.717) is 6.42 Å². The minimum atomic E-state index is -0.933. The van der Waals surface area contributed by atoms with Gasteiger partial charge in [0.2, 0.25) is 0 Å². The molecule has 2 unspecified atom stereocenters. The van der Waals surface area contributed by atoms with Crippen LogP contribution in [-0.2, 0) is 14.3 Å². The highest BCUT2D eigenvalue weighted by Crippen LogP contribution is 2.28. The third-order valence-electron chi connectivity index (χ3n) is 3.76. The number of esters is 1. The minimum Gasteiger partial charge on any atom is -0.468 e. The summed E-state index contributed by atoms with van der Waals surface area (Å²) < 4.78 is 10.3. The smallest absolute Gasteiger partial charge is 0.325 e. The molecule has 0 spiro atoms. The number of methoxy groups -OCH3 is 1. The fourth-order valence-corrected chi connectivity index (χ4v) is 2.05. The first-order chi connectivity index (χ1) is 8.86. The molecule has 0 aromatic carbocycles. The summed E-state index contributed by atoms with van der Waals surface area (Å²) in [5, 5.41) is 0. The van der Waals surface area contributed by atoms with Crippen LogP contribution in [0.15, 0.2) is 0 Å². The van der Waals surface area contributed by atoms with Crippen molar-refractivity contribution in [1.82, 2.24) is 4.90 Å². The molecule has 1 fully saturated rings. The summed E-state index contributed by atoms with van der Waals surface area (Å²) in [4.78, 5) is 13.7. The summed E-state index contributed by atoms with van der Waals surface area (Å²) in [5.41, 5.74) is 5.05. The Morgan fingerprint density at radius 2 is 2.16 bits per heavy atom. The molecule has 0 amide bonds. The third kappa shape index (κ3) is 5.89. The van der Waals surface area contributed by atoms with E-state index in [2.05, 4.69) is 11.8 Å². The molecule has 2 atom stereocenters. The van der Waals surface area contributed by atoms with Crippen LogP contribution in [0.2, 0.25) is 0 Å². The summed E-state index contributed by atoms with van der Waals surface area (Å²) in [5.74, 6) is 0.437. The van der Waals surface area contributed by atoms with Gasteiger partial charge in [0, 0.05) is 19.2 Å². The molecule has 19 heavy (non-hydrogen) atoms. The molecule has 1 saturated carbocycles. The van der Waals surface area contributed by atoms with Crippen LogP contribution in [0.4, 0.5) is 0 Å². The molecule has 0 aromatic rings. The highest BCUT2D eigenvalue weighted by molar-refractivity contribution is 5.79. The van der Waals surface area contributed by atoms with E-state index in [9.17, 15) is 4.79 Å². The van der Waals surface area contributed by atoms with Gasteiger partial charge in [-0.15, -0.1) is 0 Å². The lowest BCUT2D eigenvalue weighted by atomic mass is 9.94. The van der Waals surface area contributed by atoms with Gasteiger partial charge < -0.3 is 20.1 Å². The van der Waals surface area contributed by atoms with Crippen LogP contribution in [0.3, 0.4) is 0 Å². The Kier molecular flexibility index (Phi) is 6.23. The third-order valence-corrected chi connectivity index (χ3v) is 3.76. The van der Waals surface area contributed by atoms with Gasteiger partial charge in [0.1, 0.15) is 5.54 Å². The van der Waals surface area contributed by atoms with E-state index in [0.717, 1.165) is 25.7 Å². The van der Waals surface area contributed by atoms with Gasteiger partial charge in [-0.05, 0) is 46.1 Å². The molecular weight excluding hydrogens is 244 g/mol. The molecular formula is C14H28N2O3. The van der Waals surface area contributed by atoms with Gasteiger partial charge in [-0.3, -0.25) is 4.79 Å². The monoisotopic (exact) mass is 272 g/mol. The van der Waals surface area contributed by atoms with Crippen molar-refractivity contribution in [1.29, 1.82) is 0 Å². The van der Waals surface area contributed by atoms with Crippen molar-refractivity contribution in [3.8, 4) is 0 Å². The molecule has 0 heterocycles. The van der Waals surface area contributed by atoms with E-state index in [1.807, 2.05) is 7.05 Å². The van der Waals surface area contributed by atoms with Gasteiger partial charge in [-0.25, -0.2) is 0 Å². The Morgan fingerprint density at radius 3 is 2.68 bits per heavy atom. The van der Waals surface area contributed by atoms with Crippen LogP contribution in [-0.4, -0.2) is 56.4 Å². The fourth-order valence-electron chi connectivity index (χ4n) is 2.05. The van der Waals surface area contributed by atoms with Crippen LogP contribution in [0.25, 0.3) is 0 Å².